The molecule has 0 fully saturated rings. The number of rotatable bonds is 5. The molecule has 0 aromatic carbocycles. The molecule has 3 aromatic rings. The minimum absolute atomic E-state index is 0.0954. The molecule has 3 aromatic heterocycles. The van der Waals surface area contributed by atoms with Crippen molar-refractivity contribution in [3.63, 3.8) is 0 Å². The van der Waals surface area contributed by atoms with E-state index in [0.29, 0.717) is 28.3 Å². The lowest BCUT2D eigenvalue weighted by molar-refractivity contribution is 0.0698. The number of carboxylic acid groups (broad SMARTS) is 1. The van der Waals surface area contributed by atoms with Gasteiger partial charge in [-0.05, 0) is 26.2 Å². The van der Waals surface area contributed by atoms with E-state index >= 15 is 0 Å². The van der Waals surface area contributed by atoms with Crippen molar-refractivity contribution in [3.05, 3.63) is 43.4 Å². The second-order valence-corrected chi connectivity index (χ2v) is 8.08. The lowest BCUT2D eigenvalue weighted by atomic mass is 10.0. The number of carbonyl (C=O) groups is 1. The maximum Gasteiger partial charge on any atom is 0.337 e. The highest BCUT2D eigenvalue weighted by Gasteiger charge is 2.25. The summed E-state index contributed by atoms with van der Waals surface area (Å²) in [5, 5.41) is 21.6. The van der Waals surface area contributed by atoms with Crippen LogP contribution in [0.25, 0.3) is 10.1 Å². The molecule has 7 nitrogen and oxygen atoms in total. The molecule has 0 saturated carbocycles. The third kappa shape index (κ3) is 3.05. The Morgan fingerprint density at radius 3 is 2.58 bits per heavy atom. The molecule has 0 atom stereocenters. The lowest BCUT2D eigenvalue weighted by Crippen LogP contribution is -2.22. The Kier molecular flexibility index (Phi) is 4.70. The molecule has 3 heterocycles. The number of H-pyrrole nitrogens is 1. The summed E-state index contributed by atoms with van der Waals surface area (Å²) in [6, 6.07) is 0. The van der Waals surface area contributed by atoms with Gasteiger partial charge in [-0.1, -0.05) is 13.8 Å². The number of hydrogen-bond acceptors (Lipinski definition) is 5. The van der Waals surface area contributed by atoms with Crippen molar-refractivity contribution in [2.75, 3.05) is 0 Å². The van der Waals surface area contributed by atoms with Crippen LogP contribution >= 0.6 is 11.3 Å². The van der Waals surface area contributed by atoms with E-state index in [4.69, 9.17) is 0 Å². The third-order valence-corrected chi connectivity index (χ3v) is 5.69. The fraction of sp³-hybridized carbons (Fsp3) is 0.444. The van der Waals surface area contributed by atoms with Gasteiger partial charge in [-0.2, -0.15) is 10.2 Å². The van der Waals surface area contributed by atoms with E-state index in [1.54, 1.807) is 7.05 Å². The van der Waals surface area contributed by atoms with Crippen molar-refractivity contribution >= 4 is 27.4 Å². The average Bonchev–Trinajstić information content (AvgIpc) is 3.08. The Balaban J connectivity index is 2.30. The van der Waals surface area contributed by atoms with Crippen LogP contribution < -0.4 is 5.56 Å². The number of thiophene rings is 1. The van der Waals surface area contributed by atoms with Gasteiger partial charge in [0, 0.05) is 29.6 Å². The number of carboxylic acids is 1. The second-order valence-electron chi connectivity index (χ2n) is 6.97. The Morgan fingerprint density at radius 2 is 2.04 bits per heavy atom. The molecule has 0 spiro atoms. The van der Waals surface area contributed by atoms with Crippen LogP contribution in [0.15, 0.2) is 4.79 Å². The van der Waals surface area contributed by atoms with E-state index in [1.165, 1.54) is 16.0 Å². The summed E-state index contributed by atoms with van der Waals surface area (Å²) in [5.74, 6) is -0.732. The van der Waals surface area contributed by atoms with Crippen molar-refractivity contribution in [1.29, 1.82) is 0 Å². The number of aromatic carboxylic acids is 1. The molecule has 8 heteroatoms. The molecular weight excluding hydrogens is 352 g/mol. The summed E-state index contributed by atoms with van der Waals surface area (Å²) < 4.78 is 1.94. The highest BCUT2D eigenvalue weighted by Crippen LogP contribution is 2.34. The zero-order chi connectivity index (χ0) is 19.2. The highest BCUT2D eigenvalue weighted by atomic mass is 32.1. The molecule has 138 valence electrons. The summed E-state index contributed by atoms with van der Waals surface area (Å²) in [6.07, 6.45) is 1.12. The molecule has 0 radical (unpaired) electrons. The number of aryl methyl sites for hydroxylation is 3. The number of aromatic amines is 1. The van der Waals surface area contributed by atoms with Crippen LogP contribution in [0.4, 0.5) is 0 Å². The van der Waals surface area contributed by atoms with Crippen molar-refractivity contribution in [2.45, 2.75) is 40.5 Å². The van der Waals surface area contributed by atoms with Gasteiger partial charge in [0.2, 0.25) is 0 Å². The van der Waals surface area contributed by atoms with Crippen LogP contribution in [-0.2, 0) is 19.9 Å². The van der Waals surface area contributed by atoms with Gasteiger partial charge in [-0.15, -0.1) is 11.3 Å². The topological polar surface area (TPSA) is 101 Å². The van der Waals surface area contributed by atoms with E-state index in [1.807, 2.05) is 13.8 Å². The van der Waals surface area contributed by atoms with Crippen molar-refractivity contribution < 1.29 is 9.90 Å². The highest BCUT2D eigenvalue weighted by molar-refractivity contribution is 7.19. The SMILES string of the molecule is Cc1n[nH]c(C)c1Cc1sc2c(CC(C)C)nn(C)c(=O)c2c1C(=O)O. The van der Waals surface area contributed by atoms with Crippen molar-refractivity contribution in [2.24, 2.45) is 13.0 Å². The summed E-state index contributed by atoms with van der Waals surface area (Å²) in [5.41, 5.74) is 3.21. The van der Waals surface area contributed by atoms with Crippen LogP contribution in [0, 0.1) is 19.8 Å². The molecule has 3 rings (SSSR count). The molecule has 2 N–H and O–H groups in total. The monoisotopic (exact) mass is 374 g/mol. The minimum Gasteiger partial charge on any atom is -0.478 e. The maximum absolute atomic E-state index is 12.7. The lowest BCUT2D eigenvalue weighted by Gasteiger charge is -2.07. The molecule has 26 heavy (non-hydrogen) atoms. The Hall–Kier alpha value is -2.48. The second kappa shape index (κ2) is 6.68. The normalized spacial score (nSPS) is 11.6. The van der Waals surface area contributed by atoms with Gasteiger partial charge in [0.05, 0.1) is 27.0 Å². The summed E-state index contributed by atoms with van der Waals surface area (Å²) in [4.78, 5) is 25.3. The average molecular weight is 374 g/mol. The van der Waals surface area contributed by atoms with Crippen molar-refractivity contribution in [1.82, 2.24) is 20.0 Å². The predicted octanol–water partition coefficient (Wildman–Crippen LogP) is 2.82. The van der Waals surface area contributed by atoms with Gasteiger partial charge in [-0.3, -0.25) is 9.89 Å². The zero-order valence-electron chi connectivity index (χ0n) is 15.5. The van der Waals surface area contributed by atoms with Gasteiger partial charge in [0.15, 0.2) is 0 Å². The summed E-state index contributed by atoms with van der Waals surface area (Å²) in [7, 11) is 1.57. The van der Waals surface area contributed by atoms with Crippen LogP contribution in [0.2, 0.25) is 0 Å². The van der Waals surface area contributed by atoms with Crippen LogP contribution in [0.1, 0.15) is 51.7 Å². The van der Waals surface area contributed by atoms with E-state index in [-0.39, 0.29) is 16.5 Å². The van der Waals surface area contributed by atoms with E-state index in [2.05, 4.69) is 29.1 Å². The minimum atomic E-state index is -1.08. The van der Waals surface area contributed by atoms with Crippen molar-refractivity contribution in [3.8, 4) is 0 Å². The first-order valence-electron chi connectivity index (χ1n) is 8.46. The largest absolute Gasteiger partial charge is 0.478 e. The third-order valence-electron chi connectivity index (χ3n) is 4.46. The summed E-state index contributed by atoms with van der Waals surface area (Å²) >= 11 is 1.36. The Bertz CT molecular complexity index is 1040. The van der Waals surface area contributed by atoms with Gasteiger partial charge >= 0.3 is 5.97 Å². The molecule has 0 amide bonds. The van der Waals surface area contributed by atoms with E-state index in [0.717, 1.165) is 22.6 Å². The van der Waals surface area contributed by atoms with Gasteiger partial charge < -0.3 is 5.11 Å². The zero-order valence-corrected chi connectivity index (χ0v) is 16.3. The molecule has 0 aliphatic heterocycles. The number of aromatic nitrogens is 4. The number of nitrogens with zero attached hydrogens (tertiary/aromatic N) is 3. The van der Waals surface area contributed by atoms with E-state index < -0.39 is 5.97 Å². The number of fused-ring (bicyclic) bond motifs is 1. The Morgan fingerprint density at radius 1 is 1.35 bits per heavy atom. The van der Waals surface area contributed by atoms with Crippen LogP contribution in [0.3, 0.4) is 0 Å². The molecule has 0 bridgehead atoms. The summed E-state index contributed by atoms with van der Waals surface area (Å²) in [6.45, 7) is 7.94. The van der Waals surface area contributed by atoms with Gasteiger partial charge in [0.25, 0.3) is 5.56 Å². The fourth-order valence-corrected chi connectivity index (χ4v) is 4.47. The van der Waals surface area contributed by atoms with Gasteiger partial charge in [0.1, 0.15) is 0 Å². The first-order valence-corrected chi connectivity index (χ1v) is 9.27. The smallest absolute Gasteiger partial charge is 0.337 e. The molecule has 0 unspecified atom stereocenters. The molecule has 0 saturated heterocycles. The number of nitrogens with one attached hydrogen (secondary N) is 1. The first-order chi connectivity index (χ1) is 12.2. The molecular formula is C18H22N4O3S. The van der Waals surface area contributed by atoms with E-state index in [9.17, 15) is 14.7 Å². The maximum atomic E-state index is 12.7. The molecule has 0 aliphatic rings. The predicted molar refractivity (Wildman–Crippen MR) is 101 cm³/mol. The number of hydrogen-bond donors (Lipinski definition) is 2. The fourth-order valence-electron chi connectivity index (χ4n) is 3.19. The standard InChI is InChI=1S/C18H22N4O3S/c1-8(2)6-12-16-15(17(23)22(5)21-12)14(18(24)25)13(26-16)7-11-9(3)19-20-10(11)4/h8H,6-7H2,1-5H3,(H,19,20)(H,24,25). The Labute approximate surface area is 154 Å². The van der Waals surface area contributed by atoms with Crippen LogP contribution in [0.5, 0.6) is 0 Å². The molecule has 0 aliphatic carbocycles. The van der Waals surface area contributed by atoms with Gasteiger partial charge in [-0.25, -0.2) is 9.48 Å². The quantitative estimate of drug-likeness (QED) is 0.715. The van der Waals surface area contributed by atoms with Crippen LogP contribution in [-0.4, -0.2) is 31.1 Å². The first kappa shape index (κ1) is 18.3.